The summed E-state index contributed by atoms with van der Waals surface area (Å²) in [5.74, 6) is 0. The minimum absolute atomic E-state index is 0.0920. The highest BCUT2D eigenvalue weighted by molar-refractivity contribution is 5.15. The molecule has 14 heavy (non-hydrogen) atoms. The van der Waals surface area contributed by atoms with E-state index in [1.54, 1.807) is 0 Å². The topological polar surface area (TPSA) is 29.3 Å². The van der Waals surface area contributed by atoms with Crippen LogP contribution in [0.2, 0.25) is 0 Å². The Bertz CT molecular complexity index is 288. The number of nitrogens with two attached hydrogens (primary N) is 1. The Balaban J connectivity index is 1.85. The molecule has 0 aliphatic carbocycles. The summed E-state index contributed by atoms with van der Waals surface area (Å²) in [5, 5.41) is 0. The highest BCUT2D eigenvalue weighted by Gasteiger charge is 2.37. The Morgan fingerprint density at radius 1 is 1.29 bits per heavy atom. The molecule has 1 aromatic carbocycles. The van der Waals surface area contributed by atoms with Crippen molar-refractivity contribution in [2.24, 2.45) is 5.73 Å². The average molecular weight is 190 g/mol. The monoisotopic (exact) mass is 190 g/mol. The van der Waals surface area contributed by atoms with Crippen LogP contribution in [0.4, 0.5) is 0 Å². The summed E-state index contributed by atoms with van der Waals surface area (Å²) in [6.45, 7) is 5.29. The fourth-order valence-corrected chi connectivity index (χ4v) is 2.02. The molecule has 1 aliphatic rings. The second kappa shape index (κ2) is 3.71. The van der Waals surface area contributed by atoms with E-state index in [4.69, 9.17) is 5.73 Å². The predicted octanol–water partition coefficient (Wildman–Crippen LogP) is 1.61. The zero-order valence-corrected chi connectivity index (χ0v) is 8.74. The van der Waals surface area contributed by atoms with Crippen molar-refractivity contribution in [2.75, 3.05) is 13.1 Å². The molecule has 1 heterocycles. The first-order valence-electron chi connectivity index (χ1n) is 5.27. The van der Waals surface area contributed by atoms with E-state index in [2.05, 4.69) is 42.2 Å². The van der Waals surface area contributed by atoms with Crippen LogP contribution in [0.1, 0.15) is 18.9 Å². The van der Waals surface area contributed by atoms with Gasteiger partial charge in [0, 0.05) is 25.2 Å². The van der Waals surface area contributed by atoms with E-state index in [0.717, 1.165) is 26.1 Å². The average Bonchev–Trinajstić information content (AvgIpc) is 2.17. The van der Waals surface area contributed by atoms with Gasteiger partial charge in [0.15, 0.2) is 0 Å². The molecule has 0 radical (unpaired) electrons. The first kappa shape index (κ1) is 9.69. The van der Waals surface area contributed by atoms with Gasteiger partial charge in [0.2, 0.25) is 0 Å². The number of hydrogen-bond donors (Lipinski definition) is 1. The van der Waals surface area contributed by atoms with Crippen molar-refractivity contribution in [2.45, 2.75) is 25.4 Å². The van der Waals surface area contributed by atoms with Gasteiger partial charge in [0.1, 0.15) is 0 Å². The molecule has 1 fully saturated rings. The maximum absolute atomic E-state index is 6.10. The van der Waals surface area contributed by atoms with Crippen LogP contribution in [0.15, 0.2) is 30.3 Å². The molecular formula is C12H18N2. The van der Waals surface area contributed by atoms with Gasteiger partial charge in [-0.3, -0.25) is 4.90 Å². The lowest BCUT2D eigenvalue weighted by Crippen LogP contribution is -2.66. The molecule has 0 atom stereocenters. The van der Waals surface area contributed by atoms with E-state index in [-0.39, 0.29) is 5.54 Å². The molecule has 0 amide bonds. The quantitative estimate of drug-likeness (QED) is 0.784. The minimum atomic E-state index is 0.0920. The lowest BCUT2D eigenvalue weighted by Gasteiger charge is -2.47. The van der Waals surface area contributed by atoms with Gasteiger partial charge in [-0.2, -0.15) is 0 Å². The van der Waals surface area contributed by atoms with Crippen molar-refractivity contribution in [1.82, 2.24) is 4.90 Å². The third-order valence-electron chi connectivity index (χ3n) is 3.03. The zero-order valence-electron chi connectivity index (χ0n) is 8.74. The summed E-state index contributed by atoms with van der Waals surface area (Å²) in [7, 11) is 0. The number of benzene rings is 1. The molecule has 1 saturated heterocycles. The summed E-state index contributed by atoms with van der Waals surface area (Å²) in [4.78, 5) is 2.40. The van der Waals surface area contributed by atoms with Gasteiger partial charge in [-0.15, -0.1) is 0 Å². The second-order valence-corrected chi connectivity index (χ2v) is 4.35. The van der Waals surface area contributed by atoms with E-state index < -0.39 is 0 Å². The standard InChI is InChI=1S/C12H18N2/c1-2-12(13)9-14(10-12)8-11-6-4-3-5-7-11/h3-7H,2,8-10,13H2,1H3. The Kier molecular flexibility index (Phi) is 2.57. The summed E-state index contributed by atoms with van der Waals surface area (Å²) >= 11 is 0. The number of hydrogen-bond acceptors (Lipinski definition) is 2. The highest BCUT2D eigenvalue weighted by atomic mass is 15.2. The Morgan fingerprint density at radius 2 is 1.93 bits per heavy atom. The van der Waals surface area contributed by atoms with Crippen molar-refractivity contribution in [3.8, 4) is 0 Å². The molecule has 0 saturated carbocycles. The lowest BCUT2D eigenvalue weighted by molar-refractivity contribution is 0.0607. The molecule has 2 N–H and O–H groups in total. The van der Waals surface area contributed by atoms with Crippen LogP contribution in [0.25, 0.3) is 0 Å². The van der Waals surface area contributed by atoms with Crippen molar-refractivity contribution < 1.29 is 0 Å². The fraction of sp³-hybridized carbons (Fsp3) is 0.500. The van der Waals surface area contributed by atoms with Crippen molar-refractivity contribution >= 4 is 0 Å². The number of rotatable bonds is 3. The van der Waals surface area contributed by atoms with Crippen LogP contribution in [0.5, 0.6) is 0 Å². The first-order chi connectivity index (χ1) is 6.72. The van der Waals surface area contributed by atoms with Crippen LogP contribution >= 0.6 is 0 Å². The largest absolute Gasteiger partial charge is 0.323 e. The van der Waals surface area contributed by atoms with E-state index >= 15 is 0 Å². The molecule has 2 nitrogen and oxygen atoms in total. The number of nitrogens with zero attached hydrogens (tertiary/aromatic N) is 1. The summed E-state index contributed by atoms with van der Waals surface area (Å²) in [5.41, 5.74) is 7.58. The van der Waals surface area contributed by atoms with Crippen LogP contribution in [-0.2, 0) is 6.54 Å². The minimum Gasteiger partial charge on any atom is -0.323 e. The molecule has 2 heteroatoms. The molecule has 0 spiro atoms. The van der Waals surface area contributed by atoms with Gasteiger partial charge >= 0.3 is 0 Å². The molecule has 2 rings (SSSR count). The first-order valence-corrected chi connectivity index (χ1v) is 5.27. The normalized spacial score (nSPS) is 20.4. The maximum Gasteiger partial charge on any atom is 0.0410 e. The van der Waals surface area contributed by atoms with Gasteiger partial charge < -0.3 is 5.73 Å². The van der Waals surface area contributed by atoms with E-state index in [9.17, 15) is 0 Å². The Hall–Kier alpha value is -0.860. The van der Waals surface area contributed by atoms with Gasteiger partial charge in [-0.05, 0) is 12.0 Å². The molecule has 0 bridgehead atoms. The van der Waals surface area contributed by atoms with Crippen molar-refractivity contribution in [3.05, 3.63) is 35.9 Å². The van der Waals surface area contributed by atoms with E-state index in [0.29, 0.717) is 0 Å². The molecule has 1 aromatic rings. The third-order valence-corrected chi connectivity index (χ3v) is 3.03. The second-order valence-electron chi connectivity index (χ2n) is 4.35. The lowest BCUT2D eigenvalue weighted by atomic mass is 9.88. The maximum atomic E-state index is 6.10. The molecule has 1 aliphatic heterocycles. The Labute approximate surface area is 85.7 Å². The molecule has 0 aromatic heterocycles. The zero-order chi connectivity index (χ0) is 10.0. The highest BCUT2D eigenvalue weighted by Crippen LogP contribution is 2.23. The molecule has 76 valence electrons. The van der Waals surface area contributed by atoms with Gasteiger partial charge in [-0.1, -0.05) is 37.3 Å². The summed E-state index contributed by atoms with van der Waals surface area (Å²) < 4.78 is 0. The van der Waals surface area contributed by atoms with Crippen molar-refractivity contribution in [3.63, 3.8) is 0 Å². The molecular weight excluding hydrogens is 172 g/mol. The smallest absolute Gasteiger partial charge is 0.0410 e. The van der Waals surface area contributed by atoms with Crippen LogP contribution in [-0.4, -0.2) is 23.5 Å². The van der Waals surface area contributed by atoms with Gasteiger partial charge in [0.05, 0.1) is 0 Å². The summed E-state index contributed by atoms with van der Waals surface area (Å²) in [6.07, 6.45) is 1.08. The number of likely N-dealkylation sites (tertiary alicyclic amines) is 1. The van der Waals surface area contributed by atoms with Crippen LogP contribution < -0.4 is 5.73 Å². The van der Waals surface area contributed by atoms with Gasteiger partial charge in [-0.25, -0.2) is 0 Å². The fourth-order valence-electron chi connectivity index (χ4n) is 2.02. The SMILES string of the molecule is CCC1(N)CN(Cc2ccccc2)C1. The van der Waals surface area contributed by atoms with Crippen LogP contribution in [0.3, 0.4) is 0 Å². The van der Waals surface area contributed by atoms with Gasteiger partial charge in [0.25, 0.3) is 0 Å². The van der Waals surface area contributed by atoms with E-state index in [1.807, 2.05) is 0 Å². The molecule has 0 unspecified atom stereocenters. The predicted molar refractivity (Wildman–Crippen MR) is 58.9 cm³/mol. The van der Waals surface area contributed by atoms with E-state index in [1.165, 1.54) is 5.56 Å². The third kappa shape index (κ3) is 1.97. The van der Waals surface area contributed by atoms with Crippen LogP contribution in [0, 0.1) is 0 Å². The summed E-state index contributed by atoms with van der Waals surface area (Å²) in [6, 6.07) is 10.6. The Morgan fingerprint density at radius 3 is 2.50 bits per heavy atom. The van der Waals surface area contributed by atoms with Crippen molar-refractivity contribution in [1.29, 1.82) is 0 Å².